The molecule has 0 aliphatic rings. The number of benzene rings is 2. The van der Waals surface area contributed by atoms with Gasteiger partial charge in [-0.1, -0.05) is 36.8 Å². The third kappa shape index (κ3) is 5.31. The maximum Gasteiger partial charge on any atom is 0.255 e. The molecule has 3 aromatic rings. The lowest BCUT2D eigenvalue weighted by Gasteiger charge is -2.13. The Morgan fingerprint density at radius 3 is 2.58 bits per heavy atom. The molecule has 7 heteroatoms. The summed E-state index contributed by atoms with van der Waals surface area (Å²) >= 11 is 0. The summed E-state index contributed by atoms with van der Waals surface area (Å²) in [5.41, 5.74) is 3.61. The maximum absolute atomic E-state index is 13.1. The highest BCUT2D eigenvalue weighted by atomic mass is 16.5. The summed E-state index contributed by atoms with van der Waals surface area (Å²) in [5.74, 6) is 0.0837. The van der Waals surface area contributed by atoms with Gasteiger partial charge in [-0.15, -0.1) is 0 Å². The van der Waals surface area contributed by atoms with E-state index in [0.29, 0.717) is 23.6 Å². The Labute approximate surface area is 182 Å². The van der Waals surface area contributed by atoms with Gasteiger partial charge in [0.05, 0.1) is 18.4 Å². The highest BCUT2D eigenvalue weighted by Gasteiger charge is 2.22. The monoisotopic (exact) mass is 420 g/mol. The quantitative estimate of drug-likeness (QED) is 0.584. The average Bonchev–Trinajstić information content (AvgIpc) is 3.23. The molecule has 0 bridgehead atoms. The maximum atomic E-state index is 13.1. The molecule has 7 nitrogen and oxygen atoms in total. The van der Waals surface area contributed by atoms with Crippen LogP contribution in [0.4, 0.5) is 0 Å². The Morgan fingerprint density at radius 1 is 1.16 bits per heavy atom. The van der Waals surface area contributed by atoms with E-state index in [-0.39, 0.29) is 11.8 Å². The Hall–Kier alpha value is -3.61. The van der Waals surface area contributed by atoms with Crippen LogP contribution >= 0.6 is 0 Å². The molecule has 1 heterocycles. The fourth-order valence-corrected chi connectivity index (χ4v) is 3.09. The Kier molecular flexibility index (Phi) is 7.07. The van der Waals surface area contributed by atoms with Crippen LogP contribution in [0.5, 0.6) is 5.75 Å². The van der Waals surface area contributed by atoms with Gasteiger partial charge in [0.25, 0.3) is 5.91 Å². The number of nitrogens with one attached hydrogen (secondary N) is 2. The molecule has 3 rings (SSSR count). The number of methoxy groups -OCH3 is 1. The third-order valence-corrected chi connectivity index (χ3v) is 4.89. The van der Waals surface area contributed by atoms with Crippen molar-refractivity contribution in [2.75, 3.05) is 13.7 Å². The minimum absolute atomic E-state index is 0.218. The summed E-state index contributed by atoms with van der Waals surface area (Å²) in [5, 5.41) is 10.3. The number of rotatable bonds is 8. The largest absolute Gasteiger partial charge is 0.497 e. The zero-order chi connectivity index (χ0) is 22.4. The number of ether oxygens (including phenoxy) is 1. The summed E-state index contributed by atoms with van der Waals surface area (Å²) in [6.07, 6.45) is 2.52. The predicted molar refractivity (Wildman–Crippen MR) is 121 cm³/mol. The number of aryl methyl sites for hydroxylation is 1. The van der Waals surface area contributed by atoms with Gasteiger partial charge in [0.1, 0.15) is 17.5 Å². The number of hydrogen-bond acceptors (Lipinski definition) is 4. The van der Waals surface area contributed by atoms with E-state index in [1.807, 2.05) is 62.4 Å². The first-order chi connectivity index (χ1) is 14.9. The number of amides is 2. The molecule has 2 aromatic carbocycles. The summed E-state index contributed by atoms with van der Waals surface area (Å²) in [4.78, 5) is 25.3. The topological polar surface area (TPSA) is 85.3 Å². The van der Waals surface area contributed by atoms with E-state index in [1.165, 1.54) is 0 Å². The smallest absolute Gasteiger partial charge is 0.255 e. The van der Waals surface area contributed by atoms with Crippen molar-refractivity contribution in [1.29, 1.82) is 0 Å². The average molecular weight is 421 g/mol. The van der Waals surface area contributed by atoms with E-state index in [0.717, 1.165) is 23.2 Å². The second-order valence-corrected chi connectivity index (χ2v) is 7.39. The van der Waals surface area contributed by atoms with Crippen LogP contribution in [0, 0.1) is 6.92 Å². The standard InChI is InChI=1S/C24H28N4O3/c1-5-13-25-23(29)17(3)26-24(30)21-15-28(19-11-9-16(2)10-12-19)27-22(21)18-7-6-8-20(14-18)31-4/h6-12,14-15,17H,5,13H2,1-4H3,(H,25,29)(H,26,30)/t17-/m0/s1. The molecule has 0 aliphatic heterocycles. The molecule has 0 fully saturated rings. The van der Waals surface area contributed by atoms with E-state index >= 15 is 0 Å². The van der Waals surface area contributed by atoms with Crippen LogP contribution in [-0.2, 0) is 4.79 Å². The van der Waals surface area contributed by atoms with Gasteiger partial charge < -0.3 is 15.4 Å². The third-order valence-electron chi connectivity index (χ3n) is 4.89. The molecular weight excluding hydrogens is 392 g/mol. The Morgan fingerprint density at radius 2 is 1.90 bits per heavy atom. The lowest BCUT2D eigenvalue weighted by Crippen LogP contribution is -2.45. The second kappa shape index (κ2) is 9.93. The van der Waals surface area contributed by atoms with Crippen LogP contribution in [0.15, 0.2) is 54.7 Å². The molecule has 2 amide bonds. The van der Waals surface area contributed by atoms with E-state index in [2.05, 4.69) is 15.7 Å². The van der Waals surface area contributed by atoms with Gasteiger partial charge in [0, 0.05) is 18.3 Å². The first-order valence-electron chi connectivity index (χ1n) is 10.3. The summed E-state index contributed by atoms with van der Waals surface area (Å²) in [6, 6.07) is 14.6. The fourth-order valence-electron chi connectivity index (χ4n) is 3.09. The van der Waals surface area contributed by atoms with Gasteiger partial charge >= 0.3 is 0 Å². The summed E-state index contributed by atoms with van der Waals surface area (Å²) in [7, 11) is 1.59. The SMILES string of the molecule is CCCNC(=O)[C@H](C)NC(=O)c1cn(-c2ccc(C)cc2)nc1-c1cccc(OC)c1. The van der Waals surface area contributed by atoms with Gasteiger partial charge in [0.2, 0.25) is 5.91 Å². The lowest BCUT2D eigenvalue weighted by molar-refractivity contribution is -0.122. The van der Waals surface area contributed by atoms with Crippen LogP contribution in [0.25, 0.3) is 16.9 Å². The van der Waals surface area contributed by atoms with Crippen molar-refractivity contribution in [2.24, 2.45) is 0 Å². The Balaban J connectivity index is 1.97. The lowest BCUT2D eigenvalue weighted by atomic mass is 10.1. The molecule has 162 valence electrons. The fraction of sp³-hybridized carbons (Fsp3) is 0.292. The molecule has 0 spiro atoms. The molecule has 1 atom stereocenters. The van der Waals surface area contributed by atoms with Crippen LogP contribution in [0.1, 0.15) is 36.2 Å². The molecule has 0 saturated heterocycles. The highest BCUT2D eigenvalue weighted by molar-refractivity contribution is 6.02. The first kappa shape index (κ1) is 22.1. The van der Waals surface area contributed by atoms with Gasteiger partial charge in [0.15, 0.2) is 0 Å². The predicted octanol–water partition coefficient (Wildman–Crippen LogP) is 3.50. The van der Waals surface area contributed by atoms with E-state index in [1.54, 1.807) is 24.9 Å². The second-order valence-electron chi connectivity index (χ2n) is 7.39. The van der Waals surface area contributed by atoms with Crippen molar-refractivity contribution in [3.05, 3.63) is 65.9 Å². The summed E-state index contributed by atoms with van der Waals surface area (Å²) in [6.45, 7) is 6.22. The molecule has 0 aliphatic carbocycles. The van der Waals surface area contributed by atoms with Gasteiger partial charge in [-0.3, -0.25) is 9.59 Å². The highest BCUT2D eigenvalue weighted by Crippen LogP contribution is 2.27. The van der Waals surface area contributed by atoms with Crippen molar-refractivity contribution < 1.29 is 14.3 Å². The van der Waals surface area contributed by atoms with Crippen LogP contribution in [0.3, 0.4) is 0 Å². The molecule has 0 saturated carbocycles. The Bertz CT molecular complexity index is 1060. The minimum atomic E-state index is -0.667. The van der Waals surface area contributed by atoms with Crippen molar-refractivity contribution in [2.45, 2.75) is 33.2 Å². The van der Waals surface area contributed by atoms with Gasteiger partial charge in [-0.25, -0.2) is 4.68 Å². The number of aromatic nitrogens is 2. The number of hydrogen-bond donors (Lipinski definition) is 2. The van der Waals surface area contributed by atoms with Crippen LogP contribution in [0.2, 0.25) is 0 Å². The normalized spacial score (nSPS) is 11.6. The van der Waals surface area contributed by atoms with Crippen molar-refractivity contribution >= 4 is 11.8 Å². The molecule has 1 aromatic heterocycles. The van der Waals surface area contributed by atoms with Gasteiger partial charge in [-0.2, -0.15) is 5.10 Å². The molecule has 31 heavy (non-hydrogen) atoms. The molecule has 2 N–H and O–H groups in total. The molecular formula is C24H28N4O3. The van der Waals surface area contributed by atoms with Crippen molar-refractivity contribution in [1.82, 2.24) is 20.4 Å². The van der Waals surface area contributed by atoms with E-state index in [9.17, 15) is 9.59 Å². The zero-order valence-corrected chi connectivity index (χ0v) is 18.3. The first-order valence-corrected chi connectivity index (χ1v) is 10.3. The number of nitrogens with zero attached hydrogens (tertiary/aromatic N) is 2. The number of carbonyl (C=O) groups excluding carboxylic acids is 2. The van der Waals surface area contributed by atoms with Crippen LogP contribution < -0.4 is 15.4 Å². The molecule has 0 unspecified atom stereocenters. The van der Waals surface area contributed by atoms with E-state index < -0.39 is 6.04 Å². The van der Waals surface area contributed by atoms with Crippen molar-refractivity contribution in [3.63, 3.8) is 0 Å². The number of carbonyl (C=O) groups is 2. The summed E-state index contributed by atoms with van der Waals surface area (Å²) < 4.78 is 7.00. The molecule has 0 radical (unpaired) electrons. The van der Waals surface area contributed by atoms with Crippen LogP contribution in [-0.4, -0.2) is 41.3 Å². The zero-order valence-electron chi connectivity index (χ0n) is 18.3. The minimum Gasteiger partial charge on any atom is -0.497 e. The van der Waals surface area contributed by atoms with Crippen molar-refractivity contribution in [3.8, 4) is 22.7 Å². The van der Waals surface area contributed by atoms with Gasteiger partial charge in [-0.05, 0) is 44.5 Å². The van der Waals surface area contributed by atoms with E-state index in [4.69, 9.17) is 4.74 Å².